The van der Waals surface area contributed by atoms with Gasteiger partial charge in [-0.3, -0.25) is 24.2 Å². The van der Waals surface area contributed by atoms with Crippen molar-refractivity contribution in [2.24, 2.45) is 5.92 Å². The van der Waals surface area contributed by atoms with E-state index in [9.17, 15) is 49.9 Å². The molecule has 1 spiro atoms. The van der Waals surface area contributed by atoms with Gasteiger partial charge < -0.3 is 26.0 Å². The Morgan fingerprint density at radius 1 is 0.961 bits per heavy atom. The average Bonchev–Trinajstić information content (AvgIpc) is 3.21. The van der Waals surface area contributed by atoms with Crippen LogP contribution in [-0.4, -0.2) is 102 Å². The van der Waals surface area contributed by atoms with E-state index in [1.807, 2.05) is 12.1 Å². The number of aliphatic carboxylic acids is 1. The van der Waals surface area contributed by atoms with Crippen LogP contribution in [0.5, 0.6) is 0 Å². The number of amides is 5. The van der Waals surface area contributed by atoms with Crippen LogP contribution in [0.1, 0.15) is 42.6 Å². The van der Waals surface area contributed by atoms with Gasteiger partial charge in [-0.2, -0.15) is 26.3 Å². The van der Waals surface area contributed by atoms with Crippen molar-refractivity contribution in [2.45, 2.75) is 56.7 Å². The number of anilines is 2. The maximum atomic E-state index is 14.4. The van der Waals surface area contributed by atoms with Gasteiger partial charge in [0.25, 0.3) is 11.8 Å². The van der Waals surface area contributed by atoms with Crippen LogP contribution >= 0.6 is 0 Å². The Labute approximate surface area is 286 Å². The van der Waals surface area contributed by atoms with Crippen LogP contribution in [0.4, 0.5) is 46.9 Å². The highest BCUT2D eigenvalue weighted by Crippen LogP contribution is 2.41. The Bertz CT molecular complexity index is 1660. The van der Waals surface area contributed by atoms with Gasteiger partial charge in [0.1, 0.15) is 17.4 Å². The standard InChI is InChI=1S/C30H34F4N6O4.C2HF3O2/c1-17(2)24(37-25(41)22-14-18(30(32,33)34)4-9-23(22)31)26(42)39-12-10-29(11-13-39)27(43)38(3)28(44)40(29)21-7-5-19(6-8-21)36-20-15-35-16-20;3-2(4,5)1(6)7/h4-9,14,17,20,24,35-36H,10-13,15-16H2,1-3H3,(H,37,41);(H,6,7). The second-order valence-corrected chi connectivity index (χ2v) is 12.6. The minimum absolute atomic E-state index is 0.0769. The zero-order valence-corrected chi connectivity index (χ0v) is 27.5. The van der Waals surface area contributed by atoms with Crippen molar-refractivity contribution in [3.05, 3.63) is 59.4 Å². The van der Waals surface area contributed by atoms with Crippen LogP contribution in [0, 0.1) is 11.7 Å². The van der Waals surface area contributed by atoms with Crippen molar-refractivity contribution in [1.29, 1.82) is 0 Å². The molecule has 3 aliphatic heterocycles. The first-order valence-corrected chi connectivity index (χ1v) is 15.6. The van der Waals surface area contributed by atoms with Gasteiger partial charge in [0, 0.05) is 44.6 Å². The molecule has 19 heteroatoms. The van der Waals surface area contributed by atoms with E-state index in [2.05, 4.69) is 16.0 Å². The number of carboxylic acids is 1. The highest BCUT2D eigenvalue weighted by molar-refractivity contribution is 6.16. The molecule has 3 fully saturated rings. The van der Waals surface area contributed by atoms with E-state index in [0.717, 1.165) is 23.7 Å². The molecule has 0 aliphatic carbocycles. The number of urea groups is 1. The normalized spacial score (nSPS) is 18.3. The zero-order chi connectivity index (χ0) is 38.1. The fourth-order valence-electron chi connectivity index (χ4n) is 5.86. The molecular formula is C32H35F7N6O6. The van der Waals surface area contributed by atoms with E-state index in [0.29, 0.717) is 29.9 Å². The third kappa shape index (κ3) is 8.34. The number of carbonyl (C=O) groups is 5. The molecule has 3 aliphatic rings. The number of hydrogen-bond donors (Lipinski definition) is 4. The van der Waals surface area contributed by atoms with Crippen molar-refractivity contribution in [2.75, 3.05) is 43.4 Å². The predicted molar refractivity (Wildman–Crippen MR) is 167 cm³/mol. The quantitative estimate of drug-likeness (QED) is 0.246. The number of hydrogen-bond acceptors (Lipinski definition) is 7. The Morgan fingerprint density at radius 2 is 1.53 bits per heavy atom. The Hall–Kier alpha value is -4.94. The summed E-state index contributed by atoms with van der Waals surface area (Å²) in [6, 6.07) is 7.42. The molecule has 3 heterocycles. The average molecular weight is 733 g/mol. The highest BCUT2D eigenvalue weighted by Gasteiger charge is 2.58. The first-order chi connectivity index (χ1) is 23.7. The molecule has 5 rings (SSSR count). The van der Waals surface area contributed by atoms with Crippen LogP contribution in [0.2, 0.25) is 0 Å². The summed E-state index contributed by atoms with van der Waals surface area (Å²) in [5, 5.41) is 16.1. The fourth-order valence-corrected chi connectivity index (χ4v) is 5.86. The van der Waals surface area contributed by atoms with Crippen LogP contribution < -0.4 is 20.9 Å². The van der Waals surface area contributed by atoms with Crippen molar-refractivity contribution in [3.8, 4) is 0 Å². The molecule has 0 saturated carbocycles. The second-order valence-electron chi connectivity index (χ2n) is 12.6. The number of rotatable bonds is 7. The number of piperidine rings is 1. The number of likely N-dealkylation sites (tertiary alicyclic amines) is 1. The highest BCUT2D eigenvalue weighted by atomic mass is 19.4. The molecule has 278 valence electrons. The fraction of sp³-hybridized carbons (Fsp3) is 0.469. The lowest BCUT2D eigenvalue weighted by Gasteiger charge is -2.43. The number of nitrogens with zero attached hydrogens (tertiary/aromatic N) is 3. The summed E-state index contributed by atoms with van der Waals surface area (Å²) in [6.07, 6.45) is -9.61. The molecule has 1 atom stereocenters. The molecule has 5 amide bonds. The van der Waals surface area contributed by atoms with E-state index in [1.165, 1.54) is 16.8 Å². The minimum atomic E-state index is -5.08. The molecule has 4 N–H and O–H groups in total. The van der Waals surface area contributed by atoms with E-state index < -0.39 is 70.6 Å². The SMILES string of the molecule is CC(C)C(NC(=O)c1cc(C(F)(F)F)ccc1F)C(=O)N1CCC2(CC1)C(=O)N(C)C(=O)N2c1ccc(NC2CNC2)cc1.O=C(O)C(F)(F)F. The minimum Gasteiger partial charge on any atom is -0.475 e. The van der Waals surface area contributed by atoms with E-state index >= 15 is 0 Å². The van der Waals surface area contributed by atoms with Crippen LogP contribution in [0.25, 0.3) is 0 Å². The largest absolute Gasteiger partial charge is 0.490 e. The van der Waals surface area contributed by atoms with E-state index in [1.54, 1.807) is 26.0 Å². The summed E-state index contributed by atoms with van der Waals surface area (Å²) in [6.45, 7) is 5.15. The number of alkyl halides is 6. The van der Waals surface area contributed by atoms with Crippen LogP contribution in [0.15, 0.2) is 42.5 Å². The van der Waals surface area contributed by atoms with Gasteiger partial charge in [0.15, 0.2) is 0 Å². The van der Waals surface area contributed by atoms with Crippen molar-refractivity contribution in [3.63, 3.8) is 0 Å². The number of imide groups is 1. The van der Waals surface area contributed by atoms with Crippen molar-refractivity contribution < 1.29 is 59.8 Å². The van der Waals surface area contributed by atoms with Gasteiger partial charge in [-0.25, -0.2) is 14.0 Å². The van der Waals surface area contributed by atoms with Crippen molar-refractivity contribution in [1.82, 2.24) is 20.4 Å². The van der Waals surface area contributed by atoms with Crippen LogP contribution in [-0.2, 0) is 20.6 Å². The summed E-state index contributed by atoms with van der Waals surface area (Å²) in [5.74, 6) is -6.45. The summed E-state index contributed by atoms with van der Waals surface area (Å²) >= 11 is 0. The molecule has 3 saturated heterocycles. The maximum absolute atomic E-state index is 14.4. The number of nitrogens with one attached hydrogen (secondary N) is 3. The number of likely N-dealkylation sites (N-methyl/N-ethyl adjacent to an activating group) is 1. The topological polar surface area (TPSA) is 151 Å². The third-order valence-corrected chi connectivity index (χ3v) is 8.79. The van der Waals surface area contributed by atoms with E-state index in [4.69, 9.17) is 9.90 Å². The van der Waals surface area contributed by atoms with Gasteiger partial charge in [-0.15, -0.1) is 0 Å². The summed E-state index contributed by atoms with van der Waals surface area (Å²) < 4.78 is 85.6. The molecule has 0 bridgehead atoms. The molecular weight excluding hydrogens is 697 g/mol. The summed E-state index contributed by atoms with van der Waals surface area (Å²) in [4.78, 5) is 66.1. The van der Waals surface area contributed by atoms with Gasteiger partial charge in [-0.1, -0.05) is 13.8 Å². The summed E-state index contributed by atoms with van der Waals surface area (Å²) in [7, 11) is 1.42. The van der Waals surface area contributed by atoms with E-state index in [-0.39, 0.29) is 31.8 Å². The molecule has 0 aromatic heterocycles. The smallest absolute Gasteiger partial charge is 0.475 e. The lowest BCUT2D eigenvalue weighted by Crippen LogP contribution is -2.60. The number of carboxylic acid groups (broad SMARTS) is 1. The molecule has 0 radical (unpaired) electrons. The predicted octanol–water partition coefficient (Wildman–Crippen LogP) is 4.08. The summed E-state index contributed by atoms with van der Waals surface area (Å²) in [5.41, 5.74) is -1.81. The first kappa shape index (κ1) is 38.9. The first-order valence-electron chi connectivity index (χ1n) is 15.6. The number of benzene rings is 2. The molecule has 2 aromatic rings. The maximum Gasteiger partial charge on any atom is 0.490 e. The lowest BCUT2D eigenvalue weighted by atomic mass is 9.85. The van der Waals surface area contributed by atoms with Crippen molar-refractivity contribution >= 4 is 41.1 Å². The van der Waals surface area contributed by atoms with Gasteiger partial charge in [0.2, 0.25) is 5.91 Å². The number of carbonyl (C=O) groups excluding carboxylic acids is 4. The lowest BCUT2D eigenvalue weighted by molar-refractivity contribution is -0.192. The second kappa shape index (κ2) is 14.7. The Balaban J connectivity index is 0.000000755. The van der Waals surface area contributed by atoms with Gasteiger partial charge >= 0.3 is 24.4 Å². The molecule has 1 unspecified atom stereocenters. The Morgan fingerprint density at radius 3 is 2.00 bits per heavy atom. The zero-order valence-electron chi connectivity index (χ0n) is 27.5. The Kier molecular flexibility index (Phi) is 11.2. The molecule has 12 nitrogen and oxygen atoms in total. The van der Waals surface area contributed by atoms with Crippen LogP contribution in [0.3, 0.4) is 0 Å². The van der Waals surface area contributed by atoms with Gasteiger partial charge in [0.05, 0.1) is 17.2 Å². The molecule has 51 heavy (non-hydrogen) atoms. The monoisotopic (exact) mass is 732 g/mol. The third-order valence-electron chi connectivity index (χ3n) is 8.79. The molecule has 2 aromatic carbocycles. The van der Waals surface area contributed by atoms with Gasteiger partial charge in [-0.05, 0) is 61.2 Å². The number of halogens is 7.